The molecule has 1 aromatic rings. The number of halogens is 3. The summed E-state index contributed by atoms with van der Waals surface area (Å²) in [6.45, 7) is 4.47. The molecule has 0 amide bonds. The summed E-state index contributed by atoms with van der Waals surface area (Å²) in [5.74, 6) is -0.388. The van der Waals surface area contributed by atoms with E-state index in [0.29, 0.717) is 25.9 Å². The smallest absolute Gasteiger partial charge is 0.419 e. The molecule has 0 radical (unpaired) electrons. The molecule has 1 unspecified atom stereocenters. The highest BCUT2D eigenvalue weighted by Gasteiger charge is 2.33. The summed E-state index contributed by atoms with van der Waals surface area (Å²) in [5.41, 5.74) is -1.62. The second kappa shape index (κ2) is 6.93. The zero-order chi connectivity index (χ0) is 16.1. The average Bonchev–Trinajstić information content (AvgIpc) is 2.86. The Morgan fingerprint density at radius 3 is 2.62 bits per heavy atom. The maximum absolute atomic E-state index is 12.4. The third-order valence-corrected chi connectivity index (χ3v) is 3.23. The van der Waals surface area contributed by atoms with Gasteiger partial charge in [-0.25, -0.2) is 0 Å². The topological polar surface area (TPSA) is 56.2 Å². The lowest BCUT2D eigenvalue weighted by Crippen LogP contribution is -2.50. The summed E-state index contributed by atoms with van der Waals surface area (Å²) in [5, 5.41) is 6.71. The quantitative estimate of drug-likeness (QED) is 0.785. The van der Waals surface area contributed by atoms with Gasteiger partial charge in [-0.3, -0.25) is 9.48 Å². The summed E-state index contributed by atoms with van der Waals surface area (Å²) in [7, 11) is 1.31. The van der Waals surface area contributed by atoms with Gasteiger partial charge in [0.2, 0.25) is 0 Å². The van der Waals surface area contributed by atoms with Gasteiger partial charge in [-0.1, -0.05) is 6.92 Å². The van der Waals surface area contributed by atoms with Crippen LogP contribution in [0, 0.1) is 0 Å². The molecule has 0 aliphatic heterocycles. The maximum atomic E-state index is 12.4. The minimum absolute atomic E-state index is 0.300. The standard InChI is InChI=1S/C13H20F3N3O2/c1-4-17-12(2,11(20)21-3)6-5-7-19-9-10(8-18-19)13(14,15)16/h8-9,17H,4-7H2,1-3H3. The Bertz CT molecular complexity index is 473. The van der Waals surface area contributed by atoms with Crippen molar-refractivity contribution in [2.24, 2.45) is 0 Å². The molecule has 5 nitrogen and oxygen atoms in total. The van der Waals surface area contributed by atoms with Crippen LogP contribution in [-0.4, -0.2) is 34.9 Å². The number of ether oxygens (including phenoxy) is 1. The molecule has 0 saturated carbocycles. The fraction of sp³-hybridized carbons (Fsp3) is 0.692. The number of likely N-dealkylation sites (N-methyl/N-ethyl adjacent to an activating group) is 1. The SMILES string of the molecule is CCNC(C)(CCCn1cc(C(F)(F)F)cn1)C(=O)OC. The van der Waals surface area contributed by atoms with Crippen molar-refractivity contribution >= 4 is 5.97 Å². The number of nitrogens with one attached hydrogen (secondary N) is 1. The largest absolute Gasteiger partial charge is 0.468 e. The van der Waals surface area contributed by atoms with E-state index in [1.54, 1.807) is 6.92 Å². The number of carbonyl (C=O) groups is 1. The van der Waals surface area contributed by atoms with Crippen molar-refractivity contribution in [3.63, 3.8) is 0 Å². The lowest BCUT2D eigenvalue weighted by atomic mass is 9.96. The van der Waals surface area contributed by atoms with E-state index in [-0.39, 0.29) is 5.97 Å². The van der Waals surface area contributed by atoms with Crippen molar-refractivity contribution in [2.45, 2.75) is 44.9 Å². The first-order valence-electron chi connectivity index (χ1n) is 6.66. The van der Waals surface area contributed by atoms with Gasteiger partial charge in [0.25, 0.3) is 0 Å². The highest BCUT2D eigenvalue weighted by Crippen LogP contribution is 2.28. The zero-order valence-corrected chi connectivity index (χ0v) is 12.3. The molecule has 1 atom stereocenters. The number of hydrogen-bond acceptors (Lipinski definition) is 4. The van der Waals surface area contributed by atoms with Gasteiger partial charge in [0.05, 0.1) is 18.9 Å². The van der Waals surface area contributed by atoms with E-state index in [1.807, 2.05) is 6.92 Å². The minimum Gasteiger partial charge on any atom is -0.468 e. The van der Waals surface area contributed by atoms with Crippen LogP contribution in [0.25, 0.3) is 0 Å². The molecule has 0 aromatic carbocycles. The molecule has 0 aliphatic rings. The number of rotatable bonds is 7. The summed E-state index contributed by atoms with van der Waals surface area (Å²) in [6, 6.07) is 0. The van der Waals surface area contributed by atoms with Gasteiger partial charge >= 0.3 is 12.1 Å². The van der Waals surface area contributed by atoms with Crippen LogP contribution in [0.2, 0.25) is 0 Å². The van der Waals surface area contributed by atoms with Crippen LogP contribution >= 0.6 is 0 Å². The monoisotopic (exact) mass is 307 g/mol. The summed E-state index contributed by atoms with van der Waals surface area (Å²) in [4.78, 5) is 11.7. The highest BCUT2D eigenvalue weighted by atomic mass is 19.4. The van der Waals surface area contributed by atoms with E-state index in [9.17, 15) is 18.0 Å². The second-order valence-corrected chi connectivity index (χ2v) is 4.95. The molecule has 1 heterocycles. The van der Waals surface area contributed by atoms with Crippen molar-refractivity contribution in [3.8, 4) is 0 Å². The first kappa shape index (κ1) is 17.5. The molecule has 0 saturated heterocycles. The maximum Gasteiger partial charge on any atom is 0.419 e. The molecule has 1 aromatic heterocycles. The Kier molecular flexibility index (Phi) is 5.77. The van der Waals surface area contributed by atoms with Crippen molar-refractivity contribution in [1.82, 2.24) is 15.1 Å². The molecule has 0 fully saturated rings. The van der Waals surface area contributed by atoms with Crippen molar-refractivity contribution in [3.05, 3.63) is 18.0 Å². The van der Waals surface area contributed by atoms with E-state index in [0.717, 1.165) is 12.4 Å². The first-order valence-corrected chi connectivity index (χ1v) is 6.66. The molecular formula is C13H20F3N3O2. The fourth-order valence-corrected chi connectivity index (χ4v) is 2.10. The van der Waals surface area contributed by atoms with Gasteiger partial charge in [-0.2, -0.15) is 18.3 Å². The van der Waals surface area contributed by atoms with Gasteiger partial charge in [-0.15, -0.1) is 0 Å². The van der Waals surface area contributed by atoms with Gasteiger partial charge in [-0.05, 0) is 26.3 Å². The Labute approximate surface area is 121 Å². The third kappa shape index (κ3) is 4.73. The third-order valence-electron chi connectivity index (χ3n) is 3.23. The van der Waals surface area contributed by atoms with Gasteiger partial charge in [0.1, 0.15) is 5.54 Å². The number of nitrogens with zero attached hydrogens (tertiary/aromatic N) is 2. The van der Waals surface area contributed by atoms with Crippen molar-refractivity contribution in [2.75, 3.05) is 13.7 Å². The van der Waals surface area contributed by atoms with Gasteiger partial charge in [0, 0.05) is 12.7 Å². The Morgan fingerprint density at radius 1 is 1.48 bits per heavy atom. The number of aromatic nitrogens is 2. The average molecular weight is 307 g/mol. The summed E-state index contributed by atoms with van der Waals surface area (Å²) >= 11 is 0. The molecule has 21 heavy (non-hydrogen) atoms. The van der Waals surface area contributed by atoms with Gasteiger partial charge < -0.3 is 10.1 Å². The number of hydrogen-bond donors (Lipinski definition) is 1. The number of aryl methyl sites for hydroxylation is 1. The predicted molar refractivity (Wildman–Crippen MR) is 70.6 cm³/mol. The zero-order valence-electron chi connectivity index (χ0n) is 12.3. The molecule has 0 aliphatic carbocycles. The summed E-state index contributed by atoms with van der Waals surface area (Å²) < 4.78 is 43.3. The lowest BCUT2D eigenvalue weighted by molar-refractivity contribution is -0.148. The minimum atomic E-state index is -4.39. The molecule has 1 rings (SSSR count). The van der Waals surface area contributed by atoms with E-state index in [4.69, 9.17) is 4.74 Å². The van der Waals surface area contributed by atoms with Crippen molar-refractivity contribution in [1.29, 1.82) is 0 Å². The Hall–Kier alpha value is -1.57. The van der Waals surface area contributed by atoms with E-state index >= 15 is 0 Å². The van der Waals surface area contributed by atoms with Gasteiger partial charge in [0.15, 0.2) is 0 Å². The van der Waals surface area contributed by atoms with Crippen LogP contribution in [0.1, 0.15) is 32.3 Å². The summed E-state index contributed by atoms with van der Waals surface area (Å²) in [6.07, 6.45) is -1.69. The van der Waals surface area contributed by atoms with Crippen LogP contribution < -0.4 is 5.32 Å². The molecule has 0 spiro atoms. The first-order chi connectivity index (χ1) is 9.73. The Balaban J connectivity index is 2.58. The van der Waals surface area contributed by atoms with Crippen molar-refractivity contribution < 1.29 is 22.7 Å². The molecule has 1 N–H and O–H groups in total. The number of esters is 1. The van der Waals surface area contributed by atoms with Crippen LogP contribution in [0.3, 0.4) is 0 Å². The van der Waals surface area contributed by atoms with Crippen LogP contribution in [0.15, 0.2) is 12.4 Å². The van der Waals surface area contributed by atoms with E-state index < -0.39 is 17.3 Å². The van der Waals surface area contributed by atoms with Crippen LogP contribution in [0.4, 0.5) is 13.2 Å². The number of alkyl halides is 3. The second-order valence-electron chi connectivity index (χ2n) is 4.95. The van der Waals surface area contributed by atoms with E-state index in [1.165, 1.54) is 11.8 Å². The predicted octanol–water partition coefficient (Wildman–Crippen LogP) is 2.22. The number of methoxy groups -OCH3 is 1. The van der Waals surface area contributed by atoms with Crippen LogP contribution in [-0.2, 0) is 22.3 Å². The normalized spacial score (nSPS) is 14.8. The fourth-order valence-electron chi connectivity index (χ4n) is 2.10. The van der Waals surface area contributed by atoms with E-state index in [2.05, 4.69) is 10.4 Å². The lowest BCUT2D eigenvalue weighted by Gasteiger charge is -2.27. The molecule has 120 valence electrons. The highest BCUT2D eigenvalue weighted by molar-refractivity contribution is 5.80. The van der Waals surface area contributed by atoms with Crippen LogP contribution in [0.5, 0.6) is 0 Å². The molecule has 0 bridgehead atoms. The Morgan fingerprint density at radius 2 is 2.14 bits per heavy atom. The molecular weight excluding hydrogens is 287 g/mol. The molecule has 8 heteroatoms. The number of carbonyl (C=O) groups excluding carboxylic acids is 1.